The van der Waals surface area contributed by atoms with Gasteiger partial charge in [0.1, 0.15) is 12.3 Å². The molecule has 0 fully saturated rings. The highest BCUT2D eigenvalue weighted by molar-refractivity contribution is 5.85. The summed E-state index contributed by atoms with van der Waals surface area (Å²) < 4.78 is 5.52. The first-order valence-electron chi connectivity index (χ1n) is 11.9. The van der Waals surface area contributed by atoms with Crippen molar-refractivity contribution in [2.24, 2.45) is 0 Å². The molecule has 0 atom stereocenters. The fourth-order valence-corrected chi connectivity index (χ4v) is 4.06. The Hall–Kier alpha value is -3.48. The fraction of sp³-hybridized carbons (Fsp3) is 0.407. The molecule has 3 rings (SSSR count). The summed E-state index contributed by atoms with van der Waals surface area (Å²) in [7, 11) is 5.07. The summed E-state index contributed by atoms with van der Waals surface area (Å²) in [5.74, 6) is 0.677. The van der Waals surface area contributed by atoms with E-state index in [1.165, 1.54) is 15.8 Å². The van der Waals surface area contributed by atoms with Crippen molar-refractivity contribution in [2.45, 2.75) is 32.7 Å². The Morgan fingerprint density at radius 1 is 0.941 bits per heavy atom. The maximum absolute atomic E-state index is 13.5. The van der Waals surface area contributed by atoms with Crippen LogP contribution in [-0.4, -0.2) is 72.5 Å². The van der Waals surface area contributed by atoms with E-state index in [0.717, 1.165) is 29.7 Å². The van der Waals surface area contributed by atoms with Crippen LogP contribution in [0, 0.1) is 0 Å². The number of ether oxygens (including phenoxy) is 1. The van der Waals surface area contributed by atoms with Crippen molar-refractivity contribution in [3.05, 3.63) is 65.9 Å². The average molecular weight is 465 g/mol. The number of methoxy groups -OCH3 is 1. The maximum atomic E-state index is 13.5. The second kappa shape index (κ2) is 12.1. The van der Waals surface area contributed by atoms with E-state index in [1.807, 2.05) is 47.5 Å². The molecule has 0 spiro atoms. The lowest BCUT2D eigenvalue weighted by atomic mass is 10.1. The van der Waals surface area contributed by atoms with E-state index in [2.05, 4.69) is 24.0 Å². The summed E-state index contributed by atoms with van der Waals surface area (Å²) in [6.07, 6.45) is 4.53. The van der Waals surface area contributed by atoms with Crippen molar-refractivity contribution in [3.63, 3.8) is 0 Å². The van der Waals surface area contributed by atoms with Gasteiger partial charge in [-0.15, -0.1) is 0 Å². The maximum Gasteiger partial charge on any atom is 0.319 e. The van der Waals surface area contributed by atoms with Crippen LogP contribution in [0.4, 0.5) is 4.79 Å². The Labute approximate surface area is 202 Å². The molecule has 1 N–H and O–H groups in total. The van der Waals surface area contributed by atoms with E-state index in [1.54, 1.807) is 26.1 Å². The number of hydrogen-bond acceptors (Lipinski definition) is 3. The summed E-state index contributed by atoms with van der Waals surface area (Å²) in [6, 6.07) is 15.8. The third-order valence-corrected chi connectivity index (χ3v) is 5.99. The van der Waals surface area contributed by atoms with Gasteiger partial charge in [-0.25, -0.2) is 4.79 Å². The van der Waals surface area contributed by atoms with Crippen molar-refractivity contribution in [1.29, 1.82) is 0 Å². The number of carbonyl (C=O) groups is 2. The van der Waals surface area contributed by atoms with Gasteiger partial charge in [0.25, 0.3) is 0 Å². The summed E-state index contributed by atoms with van der Waals surface area (Å²) in [5, 5.41) is 1.17. The normalized spacial score (nSPS) is 10.8. The fourth-order valence-electron chi connectivity index (χ4n) is 4.06. The highest BCUT2D eigenvalue weighted by Gasteiger charge is 2.23. The van der Waals surface area contributed by atoms with Crippen LogP contribution in [0.1, 0.15) is 30.9 Å². The number of amides is 3. The number of carbonyl (C=O) groups excluding carboxylic acids is 2. The first-order chi connectivity index (χ1) is 16.4. The van der Waals surface area contributed by atoms with Crippen LogP contribution >= 0.6 is 0 Å². The van der Waals surface area contributed by atoms with Gasteiger partial charge in [-0.05, 0) is 30.5 Å². The quantitative estimate of drug-likeness (QED) is 0.453. The molecule has 0 aliphatic carbocycles. The lowest BCUT2D eigenvalue weighted by Crippen LogP contribution is -2.47. The first-order valence-corrected chi connectivity index (χ1v) is 11.9. The number of urea groups is 1. The number of fused-ring (bicyclic) bond motifs is 1. The zero-order valence-corrected chi connectivity index (χ0v) is 20.7. The number of benzene rings is 2. The molecule has 0 bridgehead atoms. The number of aromatic amines is 1. The van der Waals surface area contributed by atoms with Crippen LogP contribution in [0.3, 0.4) is 0 Å². The number of aromatic nitrogens is 1. The lowest BCUT2D eigenvalue weighted by molar-refractivity contribution is -0.132. The molecule has 1 aromatic heterocycles. The minimum Gasteiger partial charge on any atom is -0.496 e. The molecule has 0 saturated heterocycles. The second-order valence-corrected chi connectivity index (χ2v) is 8.69. The van der Waals surface area contributed by atoms with Gasteiger partial charge in [-0.3, -0.25) is 4.79 Å². The van der Waals surface area contributed by atoms with Crippen LogP contribution < -0.4 is 4.74 Å². The number of para-hydroxylation sites is 2. The number of H-pyrrole nitrogens is 1. The summed E-state index contributed by atoms with van der Waals surface area (Å²) in [5.41, 5.74) is 3.19. The van der Waals surface area contributed by atoms with E-state index in [4.69, 9.17) is 4.74 Å². The number of nitrogens with one attached hydrogen (secondary N) is 1. The molecule has 34 heavy (non-hydrogen) atoms. The van der Waals surface area contributed by atoms with Gasteiger partial charge < -0.3 is 24.4 Å². The molecule has 0 saturated carbocycles. The van der Waals surface area contributed by atoms with Crippen LogP contribution in [0.25, 0.3) is 10.9 Å². The van der Waals surface area contributed by atoms with Crippen molar-refractivity contribution >= 4 is 22.8 Å². The van der Waals surface area contributed by atoms with E-state index < -0.39 is 0 Å². The van der Waals surface area contributed by atoms with Gasteiger partial charge in [-0.1, -0.05) is 49.7 Å². The molecule has 182 valence electrons. The topological polar surface area (TPSA) is 68.9 Å². The minimum atomic E-state index is -0.143. The summed E-state index contributed by atoms with van der Waals surface area (Å²) in [4.78, 5) is 34.6. The Kier molecular flexibility index (Phi) is 8.96. The Balaban J connectivity index is 1.82. The number of nitrogens with zero attached hydrogens (tertiary/aromatic N) is 3. The lowest BCUT2D eigenvalue weighted by Gasteiger charge is -2.30. The van der Waals surface area contributed by atoms with Crippen LogP contribution in [0.5, 0.6) is 5.75 Å². The van der Waals surface area contributed by atoms with Crippen molar-refractivity contribution in [3.8, 4) is 5.75 Å². The van der Waals surface area contributed by atoms with Gasteiger partial charge >= 0.3 is 6.03 Å². The number of unbranched alkanes of at least 4 members (excludes halogenated alkanes) is 1. The predicted molar refractivity (Wildman–Crippen MR) is 136 cm³/mol. The molecule has 0 radical (unpaired) electrons. The van der Waals surface area contributed by atoms with Crippen molar-refractivity contribution < 1.29 is 14.3 Å². The van der Waals surface area contributed by atoms with Gasteiger partial charge in [0, 0.05) is 56.4 Å². The average Bonchev–Trinajstić information content (AvgIpc) is 3.27. The number of hydrogen-bond donors (Lipinski definition) is 1. The number of rotatable bonds is 11. The smallest absolute Gasteiger partial charge is 0.319 e. The zero-order valence-electron chi connectivity index (χ0n) is 20.7. The Bertz CT molecular complexity index is 1090. The summed E-state index contributed by atoms with van der Waals surface area (Å²) in [6.45, 7) is 3.65. The summed E-state index contributed by atoms with van der Waals surface area (Å²) >= 11 is 0. The van der Waals surface area contributed by atoms with E-state index in [9.17, 15) is 9.59 Å². The third kappa shape index (κ3) is 6.31. The molecular weight excluding hydrogens is 428 g/mol. The first kappa shape index (κ1) is 25.1. The Morgan fingerprint density at radius 3 is 2.41 bits per heavy atom. The van der Waals surface area contributed by atoms with Gasteiger partial charge in [-0.2, -0.15) is 0 Å². The van der Waals surface area contributed by atoms with Crippen molar-refractivity contribution in [2.75, 3.05) is 40.8 Å². The minimum absolute atomic E-state index is 0.0556. The van der Waals surface area contributed by atoms with E-state index >= 15 is 0 Å². The highest BCUT2D eigenvalue weighted by Crippen LogP contribution is 2.22. The molecule has 3 aromatic rings. The van der Waals surface area contributed by atoms with Gasteiger partial charge in [0.05, 0.1) is 7.11 Å². The van der Waals surface area contributed by atoms with Gasteiger partial charge in [0.2, 0.25) is 5.91 Å². The molecule has 7 nitrogen and oxygen atoms in total. The second-order valence-electron chi connectivity index (χ2n) is 8.69. The highest BCUT2D eigenvalue weighted by atomic mass is 16.5. The molecule has 2 aromatic carbocycles. The zero-order chi connectivity index (χ0) is 24.5. The monoisotopic (exact) mass is 464 g/mol. The Morgan fingerprint density at radius 2 is 1.68 bits per heavy atom. The standard InChI is InChI=1S/C27H36N4O3/c1-5-6-16-31(27(33)29(2)3)20-26(32)30(19-22-11-7-10-14-25(22)34-4)17-15-21-18-28-24-13-9-8-12-23(21)24/h7-14,18,28H,5-6,15-17,19-20H2,1-4H3. The van der Waals surface area contributed by atoms with E-state index in [-0.39, 0.29) is 18.5 Å². The van der Waals surface area contributed by atoms with Gasteiger partial charge in [0.15, 0.2) is 0 Å². The molecule has 7 heteroatoms. The SMILES string of the molecule is CCCCN(CC(=O)N(CCc1c[nH]c2ccccc12)Cc1ccccc1OC)C(=O)N(C)C. The third-order valence-electron chi connectivity index (χ3n) is 5.99. The van der Waals surface area contributed by atoms with E-state index in [0.29, 0.717) is 26.1 Å². The molecule has 0 unspecified atom stereocenters. The van der Waals surface area contributed by atoms with Crippen LogP contribution in [-0.2, 0) is 17.8 Å². The largest absolute Gasteiger partial charge is 0.496 e. The van der Waals surface area contributed by atoms with Crippen molar-refractivity contribution in [1.82, 2.24) is 19.7 Å². The molecule has 0 aliphatic heterocycles. The molecule has 1 heterocycles. The van der Waals surface area contributed by atoms with Crippen LogP contribution in [0.15, 0.2) is 54.7 Å². The molecule has 0 aliphatic rings. The predicted octanol–water partition coefficient (Wildman–Crippen LogP) is 4.53. The molecular formula is C27H36N4O3. The molecule has 3 amide bonds. The van der Waals surface area contributed by atoms with Crippen LogP contribution in [0.2, 0.25) is 0 Å².